The molecule has 96 valence electrons. The highest BCUT2D eigenvalue weighted by Gasteiger charge is 2.08. The van der Waals surface area contributed by atoms with Gasteiger partial charge in [-0.05, 0) is 35.7 Å². The molecule has 1 heterocycles. The number of nitrogens with one attached hydrogen (secondary N) is 1. The van der Waals surface area contributed by atoms with Crippen LogP contribution in [0.4, 0.5) is 0 Å². The molecule has 3 heteroatoms. The van der Waals surface area contributed by atoms with Crippen LogP contribution in [0.15, 0.2) is 42.7 Å². The largest absolute Gasteiger partial charge is 0.357 e. The summed E-state index contributed by atoms with van der Waals surface area (Å²) in [5.74, 6) is 0. The van der Waals surface area contributed by atoms with Crippen molar-refractivity contribution < 1.29 is 0 Å². The summed E-state index contributed by atoms with van der Waals surface area (Å²) >= 11 is 5.91. The van der Waals surface area contributed by atoms with Crippen molar-refractivity contribution in [3.05, 3.63) is 58.9 Å². The molecule has 0 aliphatic heterocycles. The predicted octanol–water partition coefficient (Wildman–Crippen LogP) is 3.92. The van der Waals surface area contributed by atoms with E-state index in [1.807, 2.05) is 19.2 Å². The van der Waals surface area contributed by atoms with Crippen LogP contribution in [-0.4, -0.2) is 4.57 Å². The predicted molar refractivity (Wildman–Crippen MR) is 76.7 cm³/mol. The molecule has 0 radical (unpaired) electrons. The zero-order chi connectivity index (χ0) is 13.0. The maximum atomic E-state index is 5.91. The van der Waals surface area contributed by atoms with Crippen molar-refractivity contribution >= 4 is 11.6 Å². The number of nitrogens with zero attached hydrogens (tertiary/aromatic N) is 1. The second-order valence-corrected chi connectivity index (χ2v) is 5.01. The molecule has 0 saturated heterocycles. The summed E-state index contributed by atoms with van der Waals surface area (Å²) in [6.45, 7) is 3.08. The summed E-state index contributed by atoms with van der Waals surface area (Å²) in [7, 11) is 2.04. The van der Waals surface area contributed by atoms with E-state index < -0.39 is 0 Å². The average Bonchev–Trinajstić information content (AvgIpc) is 2.78. The highest BCUT2D eigenvalue weighted by molar-refractivity contribution is 6.30. The third kappa shape index (κ3) is 3.37. The Kier molecular flexibility index (Phi) is 4.45. The molecule has 0 bridgehead atoms. The molecule has 0 amide bonds. The van der Waals surface area contributed by atoms with Crippen LogP contribution in [-0.2, 0) is 13.6 Å². The first-order valence-electron chi connectivity index (χ1n) is 6.28. The van der Waals surface area contributed by atoms with Gasteiger partial charge in [-0.1, -0.05) is 30.7 Å². The minimum atomic E-state index is 0.377. The molecule has 1 aromatic heterocycles. The Balaban J connectivity index is 1.99. The Morgan fingerprint density at radius 1 is 1.22 bits per heavy atom. The van der Waals surface area contributed by atoms with Gasteiger partial charge in [-0.15, -0.1) is 0 Å². The Morgan fingerprint density at radius 2 is 1.94 bits per heavy atom. The summed E-state index contributed by atoms with van der Waals surface area (Å²) in [4.78, 5) is 0. The highest BCUT2D eigenvalue weighted by atomic mass is 35.5. The van der Waals surface area contributed by atoms with Gasteiger partial charge in [-0.2, -0.15) is 0 Å². The highest BCUT2D eigenvalue weighted by Crippen LogP contribution is 2.19. The molecule has 2 aromatic rings. The number of aromatic nitrogens is 1. The molecule has 2 nitrogen and oxygen atoms in total. The van der Waals surface area contributed by atoms with E-state index in [2.05, 4.69) is 47.4 Å². The molecule has 2 rings (SSSR count). The van der Waals surface area contributed by atoms with Crippen molar-refractivity contribution in [2.45, 2.75) is 25.9 Å². The third-order valence-electron chi connectivity index (χ3n) is 3.13. The number of aryl methyl sites for hydroxylation is 1. The Morgan fingerprint density at radius 3 is 2.50 bits per heavy atom. The third-order valence-corrected chi connectivity index (χ3v) is 3.38. The van der Waals surface area contributed by atoms with Crippen LogP contribution >= 0.6 is 11.6 Å². The second kappa shape index (κ2) is 6.07. The lowest BCUT2D eigenvalue weighted by atomic mass is 10.0. The van der Waals surface area contributed by atoms with E-state index in [-0.39, 0.29) is 0 Å². The lowest BCUT2D eigenvalue weighted by molar-refractivity contribution is 0.519. The molecule has 0 aliphatic rings. The average molecular weight is 263 g/mol. The zero-order valence-corrected chi connectivity index (χ0v) is 11.6. The monoisotopic (exact) mass is 262 g/mol. The standard InChI is InChI=1S/C15H19ClN2/c1-3-15(13-4-6-14(16)7-5-13)17-10-12-8-9-18(2)11-12/h4-9,11,15,17H,3,10H2,1-2H3. The van der Waals surface area contributed by atoms with Gasteiger partial charge in [0.05, 0.1) is 0 Å². The van der Waals surface area contributed by atoms with Crippen molar-refractivity contribution in [2.24, 2.45) is 7.05 Å². The SMILES string of the molecule is CCC(NCc1ccn(C)c1)c1ccc(Cl)cc1. The molecular formula is C15H19ClN2. The van der Waals surface area contributed by atoms with Gasteiger partial charge in [0.2, 0.25) is 0 Å². The first kappa shape index (κ1) is 13.2. The molecule has 0 spiro atoms. The van der Waals surface area contributed by atoms with Crippen LogP contribution in [0, 0.1) is 0 Å². The summed E-state index contributed by atoms with van der Waals surface area (Å²) in [5, 5.41) is 4.37. The van der Waals surface area contributed by atoms with Crippen molar-refractivity contribution in [3.63, 3.8) is 0 Å². The van der Waals surface area contributed by atoms with Crippen LogP contribution in [0.2, 0.25) is 5.02 Å². The van der Waals surface area contributed by atoms with E-state index in [1.54, 1.807) is 0 Å². The number of benzene rings is 1. The van der Waals surface area contributed by atoms with E-state index in [4.69, 9.17) is 11.6 Å². The number of hydrogen-bond acceptors (Lipinski definition) is 1. The molecular weight excluding hydrogens is 244 g/mol. The first-order chi connectivity index (χ1) is 8.69. The minimum absolute atomic E-state index is 0.377. The van der Waals surface area contributed by atoms with Crippen molar-refractivity contribution in [1.82, 2.24) is 9.88 Å². The first-order valence-corrected chi connectivity index (χ1v) is 6.66. The van der Waals surface area contributed by atoms with Crippen LogP contribution < -0.4 is 5.32 Å². The molecule has 0 aliphatic carbocycles. The fraction of sp³-hybridized carbons (Fsp3) is 0.333. The topological polar surface area (TPSA) is 17.0 Å². The van der Waals surface area contributed by atoms with Gasteiger partial charge < -0.3 is 9.88 Å². The lowest BCUT2D eigenvalue weighted by Gasteiger charge is -2.17. The van der Waals surface area contributed by atoms with E-state index in [0.717, 1.165) is 18.0 Å². The number of hydrogen-bond donors (Lipinski definition) is 1. The quantitative estimate of drug-likeness (QED) is 0.864. The number of rotatable bonds is 5. The molecule has 1 N–H and O–H groups in total. The molecule has 0 saturated carbocycles. The van der Waals surface area contributed by atoms with Crippen LogP contribution in [0.3, 0.4) is 0 Å². The summed E-state index contributed by atoms with van der Waals surface area (Å²) in [6, 6.07) is 10.6. The molecule has 0 fully saturated rings. The van der Waals surface area contributed by atoms with Gasteiger partial charge in [-0.3, -0.25) is 0 Å². The Bertz CT molecular complexity index is 487. The van der Waals surface area contributed by atoms with Crippen molar-refractivity contribution in [3.8, 4) is 0 Å². The van der Waals surface area contributed by atoms with Gasteiger partial charge in [0, 0.05) is 37.1 Å². The van der Waals surface area contributed by atoms with Gasteiger partial charge >= 0.3 is 0 Å². The van der Waals surface area contributed by atoms with Gasteiger partial charge in [-0.25, -0.2) is 0 Å². The van der Waals surface area contributed by atoms with Crippen molar-refractivity contribution in [2.75, 3.05) is 0 Å². The van der Waals surface area contributed by atoms with Crippen LogP contribution in [0.25, 0.3) is 0 Å². The van der Waals surface area contributed by atoms with Gasteiger partial charge in [0.25, 0.3) is 0 Å². The zero-order valence-electron chi connectivity index (χ0n) is 10.9. The maximum Gasteiger partial charge on any atom is 0.0406 e. The molecule has 1 unspecified atom stereocenters. The van der Waals surface area contributed by atoms with Crippen LogP contribution in [0.5, 0.6) is 0 Å². The minimum Gasteiger partial charge on any atom is -0.357 e. The van der Waals surface area contributed by atoms with Gasteiger partial charge in [0.1, 0.15) is 0 Å². The molecule has 1 atom stereocenters. The smallest absolute Gasteiger partial charge is 0.0406 e. The summed E-state index contributed by atoms with van der Waals surface area (Å²) in [5.41, 5.74) is 2.60. The second-order valence-electron chi connectivity index (χ2n) is 4.58. The summed E-state index contributed by atoms with van der Waals surface area (Å²) < 4.78 is 2.07. The Hall–Kier alpha value is -1.25. The van der Waals surface area contributed by atoms with E-state index in [1.165, 1.54) is 11.1 Å². The molecule has 1 aromatic carbocycles. The van der Waals surface area contributed by atoms with Crippen LogP contribution in [0.1, 0.15) is 30.5 Å². The number of halogens is 1. The van der Waals surface area contributed by atoms with E-state index in [0.29, 0.717) is 6.04 Å². The molecule has 18 heavy (non-hydrogen) atoms. The fourth-order valence-corrected chi connectivity index (χ4v) is 2.23. The maximum absolute atomic E-state index is 5.91. The normalized spacial score (nSPS) is 12.6. The lowest BCUT2D eigenvalue weighted by Crippen LogP contribution is -2.19. The van der Waals surface area contributed by atoms with E-state index in [9.17, 15) is 0 Å². The Labute approximate surface area is 114 Å². The van der Waals surface area contributed by atoms with Gasteiger partial charge in [0.15, 0.2) is 0 Å². The fourth-order valence-electron chi connectivity index (χ4n) is 2.10. The van der Waals surface area contributed by atoms with Crippen molar-refractivity contribution in [1.29, 1.82) is 0 Å². The summed E-state index contributed by atoms with van der Waals surface area (Å²) in [6.07, 6.45) is 5.27. The van der Waals surface area contributed by atoms with E-state index >= 15 is 0 Å².